The predicted molar refractivity (Wildman–Crippen MR) is 74.5 cm³/mol. The maximum absolute atomic E-state index is 13.6. The first-order valence-corrected chi connectivity index (χ1v) is 7.38. The van der Waals surface area contributed by atoms with Crippen molar-refractivity contribution in [3.05, 3.63) is 35.4 Å². The van der Waals surface area contributed by atoms with E-state index in [1.165, 1.54) is 31.4 Å². The number of halogens is 2. The van der Waals surface area contributed by atoms with Gasteiger partial charge in [-0.15, -0.1) is 0 Å². The largest absolute Gasteiger partial charge is 0.349 e. The summed E-state index contributed by atoms with van der Waals surface area (Å²) < 4.78 is 26.8. The smallest absolute Gasteiger partial charge is 0.254 e. The van der Waals surface area contributed by atoms with Crippen molar-refractivity contribution >= 4 is 5.91 Å². The van der Waals surface area contributed by atoms with E-state index in [4.69, 9.17) is 0 Å². The van der Waals surface area contributed by atoms with E-state index >= 15 is 0 Å². The summed E-state index contributed by atoms with van der Waals surface area (Å²) in [5, 5.41) is 2.88. The zero-order chi connectivity index (χ0) is 14.5. The number of benzene rings is 1. The Kier molecular flexibility index (Phi) is 5.10. The molecule has 1 atom stereocenters. The molecule has 1 saturated carbocycles. The van der Waals surface area contributed by atoms with E-state index < -0.39 is 17.5 Å². The third kappa shape index (κ3) is 3.35. The summed E-state index contributed by atoms with van der Waals surface area (Å²) in [5.74, 6) is -2.11. The van der Waals surface area contributed by atoms with Gasteiger partial charge in [0, 0.05) is 6.04 Å². The molecule has 1 aromatic rings. The number of hydrogen-bond acceptors (Lipinski definition) is 1. The second-order valence-electron chi connectivity index (χ2n) is 5.49. The summed E-state index contributed by atoms with van der Waals surface area (Å²) >= 11 is 0. The first-order valence-electron chi connectivity index (χ1n) is 7.38. The molecule has 0 aliphatic heterocycles. The topological polar surface area (TPSA) is 29.1 Å². The fourth-order valence-corrected chi connectivity index (χ4v) is 3.02. The van der Waals surface area contributed by atoms with Crippen LogP contribution in [-0.2, 0) is 0 Å². The first kappa shape index (κ1) is 14.9. The second-order valence-corrected chi connectivity index (χ2v) is 5.49. The number of hydrogen-bond donors (Lipinski definition) is 1. The first-order chi connectivity index (χ1) is 9.63. The molecule has 1 aliphatic carbocycles. The Labute approximate surface area is 118 Å². The van der Waals surface area contributed by atoms with E-state index in [2.05, 4.69) is 5.32 Å². The maximum Gasteiger partial charge on any atom is 0.254 e. The van der Waals surface area contributed by atoms with Crippen LogP contribution in [0.2, 0.25) is 0 Å². The quantitative estimate of drug-likeness (QED) is 0.886. The van der Waals surface area contributed by atoms with Crippen molar-refractivity contribution in [1.29, 1.82) is 0 Å². The third-order valence-corrected chi connectivity index (χ3v) is 4.17. The predicted octanol–water partition coefficient (Wildman–Crippen LogP) is 4.05. The highest BCUT2D eigenvalue weighted by molar-refractivity contribution is 5.94. The van der Waals surface area contributed by atoms with E-state index in [1.54, 1.807) is 0 Å². The van der Waals surface area contributed by atoms with Crippen LogP contribution >= 0.6 is 0 Å². The number of carbonyl (C=O) groups excluding carboxylic acids is 1. The highest BCUT2D eigenvalue weighted by atomic mass is 19.2. The van der Waals surface area contributed by atoms with Crippen molar-refractivity contribution in [1.82, 2.24) is 5.32 Å². The van der Waals surface area contributed by atoms with Crippen LogP contribution in [0.3, 0.4) is 0 Å². The van der Waals surface area contributed by atoms with Gasteiger partial charge in [0.15, 0.2) is 11.6 Å². The summed E-state index contributed by atoms with van der Waals surface area (Å²) in [7, 11) is 0. The normalized spacial score (nSPS) is 17.8. The molecule has 2 nitrogen and oxygen atoms in total. The van der Waals surface area contributed by atoms with Crippen LogP contribution in [0, 0.1) is 17.6 Å². The average molecular weight is 281 g/mol. The monoisotopic (exact) mass is 281 g/mol. The van der Waals surface area contributed by atoms with Crippen LogP contribution in [0.25, 0.3) is 0 Å². The number of rotatable bonds is 4. The molecule has 0 aromatic heterocycles. The molecule has 1 aliphatic rings. The Balaban J connectivity index is 2.06. The van der Waals surface area contributed by atoms with E-state index in [-0.39, 0.29) is 11.6 Å². The van der Waals surface area contributed by atoms with Gasteiger partial charge in [-0.05, 0) is 37.3 Å². The van der Waals surface area contributed by atoms with Gasteiger partial charge in [0.25, 0.3) is 5.91 Å². The van der Waals surface area contributed by atoms with Gasteiger partial charge in [0.1, 0.15) is 0 Å². The van der Waals surface area contributed by atoms with Gasteiger partial charge in [0.05, 0.1) is 5.56 Å². The fraction of sp³-hybridized carbons (Fsp3) is 0.562. The van der Waals surface area contributed by atoms with Crippen LogP contribution < -0.4 is 5.32 Å². The zero-order valence-electron chi connectivity index (χ0n) is 11.8. The Morgan fingerprint density at radius 3 is 2.65 bits per heavy atom. The molecule has 1 unspecified atom stereocenters. The Bertz CT molecular complexity index is 470. The van der Waals surface area contributed by atoms with Crippen molar-refractivity contribution in [2.75, 3.05) is 0 Å². The van der Waals surface area contributed by atoms with E-state index in [0.29, 0.717) is 5.92 Å². The summed E-state index contributed by atoms with van der Waals surface area (Å²) in [6.07, 6.45) is 6.64. The minimum Gasteiger partial charge on any atom is -0.349 e. The molecule has 0 saturated heterocycles. The maximum atomic E-state index is 13.6. The van der Waals surface area contributed by atoms with Gasteiger partial charge < -0.3 is 5.32 Å². The summed E-state index contributed by atoms with van der Waals surface area (Å²) in [6, 6.07) is 3.74. The molecule has 1 N–H and O–H groups in total. The van der Waals surface area contributed by atoms with Crippen LogP contribution in [0.15, 0.2) is 18.2 Å². The fourth-order valence-electron chi connectivity index (χ4n) is 3.02. The van der Waals surface area contributed by atoms with Gasteiger partial charge in [-0.25, -0.2) is 8.78 Å². The lowest BCUT2D eigenvalue weighted by Crippen LogP contribution is -2.41. The molecule has 2 rings (SSSR count). The van der Waals surface area contributed by atoms with Crippen LogP contribution in [0.5, 0.6) is 0 Å². The standard InChI is InChI=1S/C16H21F2NO/c1-2-14(11-7-4-3-5-8-11)19-16(20)12-9-6-10-13(17)15(12)18/h6,9-11,14H,2-5,7-8H2,1H3,(H,19,20). The van der Waals surface area contributed by atoms with Gasteiger partial charge in [-0.3, -0.25) is 4.79 Å². The second kappa shape index (κ2) is 6.82. The number of amides is 1. The summed E-state index contributed by atoms with van der Waals surface area (Å²) in [5.41, 5.74) is -0.209. The van der Waals surface area contributed by atoms with Crippen LogP contribution in [0.4, 0.5) is 8.78 Å². The molecule has 1 aromatic carbocycles. The van der Waals surface area contributed by atoms with Gasteiger partial charge >= 0.3 is 0 Å². The van der Waals surface area contributed by atoms with Gasteiger partial charge in [-0.2, -0.15) is 0 Å². The van der Waals surface area contributed by atoms with Crippen molar-refractivity contribution in [2.45, 2.75) is 51.5 Å². The lowest BCUT2D eigenvalue weighted by Gasteiger charge is -2.30. The Morgan fingerprint density at radius 2 is 2.00 bits per heavy atom. The van der Waals surface area contributed by atoms with Crippen molar-refractivity contribution in [2.24, 2.45) is 5.92 Å². The molecule has 4 heteroatoms. The summed E-state index contributed by atoms with van der Waals surface area (Å²) in [6.45, 7) is 2.02. The van der Waals surface area contributed by atoms with E-state index in [1.807, 2.05) is 6.92 Å². The molecule has 0 spiro atoms. The molecule has 1 fully saturated rings. The summed E-state index contributed by atoms with van der Waals surface area (Å²) in [4.78, 5) is 12.1. The molecular weight excluding hydrogens is 260 g/mol. The molecule has 0 heterocycles. The van der Waals surface area contributed by atoms with Gasteiger partial charge in [0.2, 0.25) is 0 Å². The van der Waals surface area contributed by atoms with Crippen molar-refractivity contribution in [3.63, 3.8) is 0 Å². The van der Waals surface area contributed by atoms with Crippen molar-refractivity contribution in [3.8, 4) is 0 Å². The van der Waals surface area contributed by atoms with Crippen LogP contribution in [-0.4, -0.2) is 11.9 Å². The van der Waals surface area contributed by atoms with Crippen LogP contribution in [0.1, 0.15) is 55.8 Å². The minimum atomic E-state index is -1.07. The zero-order valence-corrected chi connectivity index (χ0v) is 11.8. The Hall–Kier alpha value is -1.45. The number of carbonyl (C=O) groups is 1. The Morgan fingerprint density at radius 1 is 1.30 bits per heavy atom. The van der Waals surface area contributed by atoms with Gasteiger partial charge in [-0.1, -0.05) is 32.3 Å². The number of nitrogens with one attached hydrogen (secondary N) is 1. The van der Waals surface area contributed by atoms with E-state index in [0.717, 1.165) is 25.3 Å². The molecule has 0 bridgehead atoms. The molecule has 0 radical (unpaired) electrons. The highest BCUT2D eigenvalue weighted by Gasteiger charge is 2.25. The van der Waals surface area contributed by atoms with E-state index in [9.17, 15) is 13.6 Å². The lowest BCUT2D eigenvalue weighted by atomic mass is 9.83. The minimum absolute atomic E-state index is 0.0467. The lowest BCUT2D eigenvalue weighted by molar-refractivity contribution is 0.0906. The average Bonchev–Trinajstić information content (AvgIpc) is 2.48. The third-order valence-electron chi connectivity index (χ3n) is 4.17. The highest BCUT2D eigenvalue weighted by Crippen LogP contribution is 2.28. The molecule has 1 amide bonds. The molecule has 110 valence electrons. The molecular formula is C16H21F2NO. The van der Waals surface area contributed by atoms with Crippen molar-refractivity contribution < 1.29 is 13.6 Å². The molecule has 20 heavy (non-hydrogen) atoms. The SMILES string of the molecule is CCC(NC(=O)c1cccc(F)c1F)C1CCCCC1.